The highest BCUT2D eigenvalue weighted by Crippen LogP contribution is 2.45. The minimum atomic E-state index is -0.882. The zero-order chi connectivity index (χ0) is 14.8. The molecule has 2 heterocycles. The van der Waals surface area contributed by atoms with Gasteiger partial charge in [-0.05, 0) is 37.4 Å². The summed E-state index contributed by atoms with van der Waals surface area (Å²) >= 11 is 3.55. The maximum absolute atomic E-state index is 12.5. The van der Waals surface area contributed by atoms with E-state index in [4.69, 9.17) is 0 Å². The topological polar surface area (TPSA) is 69.6 Å². The smallest absolute Gasteiger partial charge is 0.327 e. The first-order valence-electron chi connectivity index (χ1n) is 7.69. The third-order valence-electron chi connectivity index (χ3n) is 4.33. The molecule has 2 aliphatic heterocycles. The van der Waals surface area contributed by atoms with Crippen LogP contribution in [0.4, 0.5) is 4.79 Å². The molecule has 0 aromatic carbocycles. The molecule has 0 spiro atoms. The van der Waals surface area contributed by atoms with Crippen molar-refractivity contribution in [3.8, 4) is 0 Å². The monoisotopic (exact) mass is 330 g/mol. The fourth-order valence-corrected chi connectivity index (χ4v) is 5.85. The Morgan fingerprint density at radius 1 is 1.19 bits per heavy atom. The maximum atomic E-state index is 12.5. The van der Waals surface area contributed by atoms with Gasteiger partial charge in [0.1, 0.15) is 6.04 Å². The number of carboxylic acids is 1. The van der Waals surface area contributed by atoms with Crippen molar-refractivity contribution < 1.29 is 14.7 Å². The van der Waals surface area contributed by atoms with Gasteiger partial charge in [0, 0.05) is 17.5 Å². The summed E-state index contributed by atoms with van der Waals surface area (Å²) in [5, 5.41) is 12.9. The molecule has 5 nitrogen and oxygen atoms in total. The minimum Gasteiger partial charge on any atom is -0.480 e. The molecule has 3 atom stereocenters. The Bertz CT molecular complexity index is 411. The SMILES string of the molecule is O=C(O)C1CSC(C2CC2)N1C(=O)NCC1CCCCS1. The van der Waals surface area contributed by atoms with E-state index in [-0.39, 0.29) is 11.4 Å². The lowest BCUT2D eigenvalue weighted by molar-refractivity contribution is -0.141. The van der Waals surface area contributed by atoms with Crippen molar-refractivity contribution in [3.05, 3.63) is 0 Å². The highest BCUT2D eigenvalue weighted by molar-refractivity contribution is 8.00. The second kappa shape index (κ2) is 6.69. The van der Waals surface area contributed by atoms with Gasteiger partial charge in [-0.3, -0.25) is 4.90 Å². The molecule has 3 unspecified atom stereocenters. The van der Waals surface area contributed by atoms with Crippen molar-refractivity contribution in [2.24, 2.45) is 5.92 Å². The Morgan fingerprint density at radius 2 is 2.00 bits per heavy atom. The van der Waals surface area contributed by atoms with E-state index in [0.717, 1.165) is 19.3 Å². The molecule has 3 rings (SSSR count). The van der Waals surface area contributed by atoms with Gasteiger partial charge in [0.2, 0.25) is 0 Å². The van der Waals surface area contributed by atoms with Crippen LogP contribution in [0.2, 0.25) is 0 Å². The summed E-state index contributed by atoms with van der Waals surface area (Å²) in [7, 11) is 0. The average Bonchev–Trinajstić information content (AvgIpc) is 3.24. The second-order valence-corrected chi connectivity index (χ2v) is 8.56. The summed E-state index contributed by atoms with van der Waals surface area (Å²) < 4.78 is 0. The summed E-state index contributed by atoms with van der Waals surface area (Å²) in [6, 6.07) is -0.852. The zero-order valence-corrected chi connectivity index (χ0v) is 13.6. The molecule has 118 valence electrons. The van der Waals surface area contributed by atoms with Crippen molar-refractivity contribution in [1.82, 2.24) is 10.2 Å². The van der Waals surface area contributed by atoms with E-state index in [1.54, 1.807) is 16.7 Å². The number of aliphatic carboxylic acids is 1. The Morgan fingerprint density at radius 3 is 2.62 bits per heavy atom. The number of carbonyl (C=O) groups excluding carboxylic acids is 1. The van der Waals surface area contributed by atoms with Gasteiger partial charge in [-0.2, -0.15) is 11.8 Å². The number of urea groups is 1. The lowest BCUT2D eigenvalue weighted by atomic mass is 10.2. The summed E-state index contributed by atoms with van der Waals surface area (Å²) in [5.74, 6) is 1.30. The van der Waals surface area contributed by atoms with E-state index in [1.165, 1.54) is 18.6 Å². The molecular weight excluding hydrogens is 308 g/mol. The number of amides is 2. The van der Waals surface area contributed by atoms with Crippen LogP contribution in [0.25, 0.3) is 0 Å². The Kier molecular flexibility index (Phi) is 4.88. The fourth-order valence-electron chi connectivity index (χ4n) is 2.98. The number of carbonyl (C=O) groups is 2. The molecular formula is C14H22N2O3S2. The van der Waals surface area contributed by atoms with Crippen LogP contribution in [0, 0.1) is 5.92 Å². The van der Waals surface area contributed by atoms with Crippen LogP contribution in [0.15, 0.2) is 0 Å². The Balaban J connectivity index is 1.58. The number of rotatable bonds is 4. The highest BCUT2D eigenvalue weighted by atomic mass is 32.2. The summed E-state index contributed by atoms with van der Waals surface area (Å²) in [4.78, 5) is 25.4. The zero-order valence-electron chi connectivity index (χ0n) is 12.0. The molecule has 0 aromatic rings. The van der Waals surface area contributed by atoms with Crippen molar-refractivity contribution in [2.75, 3.05) is 18.1 Å². The third kappa shape index (κ3) is 3.62. The number of thioether (sulfide) groups is 2. The van der Waals surface area contributed by atoms with Crippen LogP contribution < -0.4 is 5.32 Å². The lowest BCUT2D eigenvalue weighted by Gasteiger charge is -2.29. The number of hydrogen-bond donors (Lipinski definition) is 2. The first-order chi connectivity index (χ1) is 10.2. The van der Waals surface area contributed by atoms with Crippen LogP contribution in [0.3, 0.4) is 0 Å². The van der Waals surface area contributed by atoms with E-state index < -0.39 is 12.0 Å². The van der Waals surface area contributed by atoms with Crippen LogP contribution in [-0.4, -0.2) is 56.7 Å². The third-order valence-corrected chi connectivity index (χ3v) is 7.19. The summed E-state index contributed by atoms with van der Waals surface area (Å²) in [5.41, 5.74) is 0. The molecule has 7 heteroatoms. The molecule has 0 aromatic heterocycles. The highest BCUT2D eigenvalue weighted by Gasteiger charge is 2.48. The van der Waals surface area contributed by atoms with Crippen molar-refractivity contribution in [3.63, 3.8) is 0 Å². The van der Waals surface area contributed by atoms with E-state index in [1.807, 2.05) is 11.8 Å². The van der Waals surface area contributed by atoms with Crippen molar-refractivity contribution in [1.29, 1.82) is 0 Å². The van der Waals surface area contributed by atoms with Crippen LogP contribution in [0.1, 0.15) is 32.1 Å². The Hall–Kier alpha value is -0.560. The largest absolute Gasteiger partial charge is 0.480 e. The lowest BCUT2D eigenvalue weighted by Crippen LogP contribution is -2.51. The molecule has 0 radical (unpaired) electrons. The molecule has 2 amide bonds. The van der Waals surface area contributed by atoms with Gasteiger partial charge in [-0.1, -0.05) is 6.42 Å². The fraction of sp³-hybridized carbons (Fsp3) is 0.857. The molecule has 3 fully saturated rings. The average molecular weight is 330 g/mol. The molecule has 2 N–H and O–H groups in total. The van der Waals surface area contributed by atoms with Gasteiger partial charge in [-0.15, -0.1) is 11.8 Å². The number of carboxylic acid groups (broad SMARTS) is 1. The van der Waals surface area contributed by atoms with Gasteiger partial charge >= 0.3 is 12.0 Å². The van der Waals surface area contributed by atoms with Gasteiger partial charge in [0.25, 0.3) is 0 Å². The number of nitrogens with one attached hydrogen (secondary N) is 1. The van der Waals surface area contributed by atoms with Crippen molar-refractivity contribution in [2.45, 2.75) is 48.8 Å². The standard InChI is InChI=1S/C14H22N2O3S2/c17-13(18)11-8-21-12(9-4-5-9)16(11)14(19)15-7-10-3-1-2-6-20-10/h9-12H,1-8H2,(H,15,19)(H,17,18). The Labute approximate surface area is 133 Å². The normalized spacial score (nSPS) is 33.0. The molecule has 3 aliphatic rings. The molecule has 2 saturated heterocycles. The number of hydrogen-bond acceptors (Lipinski definition) is 4. The summed E-state index contributed by atoms with van der Waals surface area (Å²) in [6.07, 6.45) is 5.88. The van der Waals surface area contributed by atoms with Gasteiger partial charge in [-0.25, -0.2) is 9.59 Å². The van der Waals surface area contributed by atoms with E-state index in [0.29, 0.717) is 23.5 Å². The first-order valence-corrected chi connectivity index (χ1v) is 9.78. The van der Waals surface area contributed by atoms with Gasteiger partial charge in [0.15, 0.2) is 0 Å². The van der Waals surface area contributed by atoms with Gasteiger partial charge in [0.05, 0.1) is 5.37 Å². The second-order valence-electron chi connectivity index (χ2n) is 6.00. The molecule has 1 aliphatic carbocycles. The molecule has 21 heavy (non-hydrogen) atoms. The van der Waals surface area contributed by atoms with Crippen molar-refractivity contribution >= 4 is 35.5 Å². The predicted octanol–water partition coefficient (Wildman–Crippen LogP) is 2.22. The summed E-state index contributed by atoms with van der Waals surface area (Å²) in [6.45, 7) is 0.661. The van der Waals surface area contributed by atoms with Crippen LogP contribution in [0.5, 0.6) is 0 Å². The first kappa shape index (κ1) is 15.3. The number of nitrogens with zero attached hydrogens (tertiary/aromatic N) is 1. The van der Waals surface area contributed by atoms with E-state index in [2.05, 4.69) is 5.32 Å². The predicted molar refractivity (Wildman–Crippen MR) is 85.7 cm³/mol. The molecule has 1 saturated carbocycles. The minimum absolute atomic E-state index is 0.0603. The van der Waals surface area contributed by atoms with Gasteiger partial charge < -0.3 is 10.4 Å². The van der Waals surface area contributed by atoms with E-state index in [9.17, 15) is 14.7 Å². The van der Waals surface area contributed by atoms with Crippen LogP contribution in [-0.2, 0) is 4.79 Å². The van der Waals surface area contributed by atoms with Crippen LogP contribution >= 0.6 is 23.5 Å². The quantitative estimate of drug-likeness (QED) is 0.827. The maximum Gasteiger partial charge on any atom is 0.327 e. The van der Waals surface area contributed by atoms with E-state index >= 15 is 0 Å². The molecule has 0 bridgehead atoms.